The zero-order valence-electron chi connectivity index (χ0n) is 14.5. The molecule has 1 atom stereocenters. The molecule has 0 amide bonds. The zero-order valence-corrected chi connectivity index (χ0v) is 15.3. The Balaban J connectivity index is 1.72. The van der Waals surface area contributed by atoms with E-state index in [1.807, 2.05) is 0 Å². The molecule has 1 aliphatic rings. The minimum atomic E-state index is -4.35. The number of halogens is 3. The van der Waals surface area contributed by atoms with Gasteiger partial charge in [0.05, 0.1) is 5.56 Å². The van der Waals surface area contributed by atoms with Gasteiger partial charge < -0.3 is 15.5 Å². The fourth-order valence-corrected chi connectivity index (χ4v) is 3.47. The number of nitrogens with zero attached hydrogens (tertiary/aromatic N) is 1. The summed E-state index contributed by atoms with van der Waals surface area (Å²) in [6, 6.07) is 5.74. The first-order valence-corrected chi connectivity index (χ1v) is 9.27. The number of rotatable bonds is 6. The summed E-state index contributed by atoms with van der Waals surface area (Å²) in [7, 11) is 0. The Morgan fingerprint density at radius 2 is 2.12 bits per heavy atom. The highest BCUT2D eigenvalue weighted by Gasteiger charge is 2.30. The molecular formula is C18H26F3N3S. The van der Waals surface area contributed by atoms with Crippen molar-refractivity contribution in [3.63, 3.8) is 0 Å². The molecule has 0 bridgehead atoms. The van der Waals surface area contributed by atoms with Gasteiger partial charge in [-0.05, 0) is 62.6 Å². The van der Waals surface area contributed by atoms with Gasteiger partial charge in [-0.15, -0.1) is 0 Å². The van der Waals surface area contributed by atoms with E-state index in [0.29, 0.717) is 23.4 Å². The molecule has 1 saturated heterocycles. The van der Waals surface area contributed by atoms with Crippen molar-refractivity contribution in [2.24, 2.45) is 0 Å². The van der Waals surface area contributed by atoms with Gasteiger partial charge in [-0.1, -0.05) is 19.4 Å². The van der Waals surface area contributed by atoms with Crippen LogP contribution in [0.15, 0.2) is 24.3 Å². The minimum absolute atomic E-state index is 0.342. The number of nitrogens with one attached hydrogen (secondary N) is 2. The Kier molecular flexibility index (Phi) is 7.50. The van der Waals surface area contributed by atoms with E-state index in [0.717, 1.165) is 31.6 Å². The van der Waals surface area contributed by atoms with E-state index < -0.39 is 11.7 Å². The molecule has 0 radical (unpaired) electrons. The number of hydrogen-bond donors (Lipinski definition) is 2. The number of likely N-dealkylation sites (tertiary alicyclic amines) is 1. The summed E-state index contributed by atoms with van der Waals surface area (Å²) < 4.78 is 38.1. The van der Waals surface area contributed by atoms with E-state index in [9.17, 15) is 13.2 Å². The lowest BCUT2D eigenvalue weighted by Crippen LogP contribution is -2.40. The second-order valence-electron chi connectivity index (χ2n) is 6.41. The molecule has 1 aromatic carbocycles. The highest BCUT2D eigenvalue weighted by molar-refractivity contribution is 7.80. The van der Waals surface area contributed by atoms with Crippen LogP contribution in [-0.4, -0.2) is 35.7 Å². The fourth-order valence-electron chi connectivity index (χ4n) is 3.25. The molecule has 1 unspecified atom stereocenters. The molecular weight excluding hydrogens is 347 g/mol. The van der Waals surface area contributed by atoms with Crippen LogP contribution < -0.4 is 10.6 Å². The lowest BCUT2D eigenvalue weighted by molar-refractivity contribution is -0.137. The summed E-state index contributed by atoms with van der Waals surface area (Å²) in [4.78, 5) is 2.54. The average Bonchev–Trinajstić information content (AvgIpc) is 2.58. The van der Waals surface area contributed by atoms with Gasteiger partial charge in [0.25, 0.3) is 0 Å². The first kappa shape index (κ1) is 20.0. The normalized spacial score (nSPS) is 18.8. The molecule has 1 aliphatic heterocycles. The maximum absolute atomic E-state index is 12.7. The SMILES string of the molecule is CCC1CCCCN1CCCNC(=S)Nc1cccc(C(F)(F)F)c1. The van der Waals surface area contributed by atoms with Gasteiger partial charge >= 0.3 is 6.18 Å². The van der Waals surface area contributed by atoms with E-state index in [1.165, 1.54) is 31.7 Å². The van der Waals surface area contributed by atoms with Gasteiger partial charge in [-0.3, -0.25) is 0 Å². The predicted molar refractivity (Wildman–Crippen MR) is 99.8 cm³/mol. The predicted octanol–water partition coefficient (Wildman–Crippen LogP) is 4.65. The summed E-state index contributed by atoms with van der Waals surface area (Å²) in [6.07, 6.45) is 1.65. The van der Waals surface area contributed by atoms with Crippen LogP contribution >= 0.6 is 12.2 Å². The van der Waals surface area contributed by atoms with E-state index in [-0.39, 0.29) is 0 Å². The van der Waals surface area contributed by atoms with Crippen LogP contribution in [0.3, 0.4) is 0 Å². The van der Waals surface area contributed by atoms with Crippen molar-refractivity contribution in [1.82, 2.24) is 10.2 Å². The number of hydrogen-bond acceptors (Lipinski definition) is 2. The number of benzene rings is 1. The van der Waals surface area contributed by atoms with Crippen molar-refractivity contribution in [3.8, 4) is 0 Å². The molecule has 0 spiro atoms. The topological polar surface area (TPSA) is 27.3 Å². The Hall–Kier alpha value is -1.34. The summed E-state index contributed by atoms with van der Waals surface area (Å²) in [5.74, 6) is 0. The highest BCUT2D eigenvalue weighted by Crippen LogP contribution is 2.30. The maximum atomic E-state index is 12.7. The Bertz CT molecular complexity index is 563. The third-order valence-electron chi connectivity index (χ3n) is 4.58. The van der Waals surface area contributed by atoms with Crippen LogP contribution in [0.25, 0.3) is 0 Å². The molecule has 1 fully saturated rings. The number of anilines is 1. The average molecular weight is 373 g/mol. The minimum Gasteiger partial charge on any atom is -0.362 e. The van der Waals surface area contributed by atoms with Gasteiger partial charge in [0, 0.05) is 24.8 Å². The van der Waals surface area contributed by atoms with E-state index in [4.69, 9.17) is 12.2 Å². The second-order valence-corrected chi connectivity index (χ2v) is 6.82. The van der Waals surface area contributed by atoms with Crippen LogP contribution in [0.5, 0.6) is 0 Å². The number of piperidine rings is 1. The van der Waals surface area contributed by atoms with Crippen LogP contribution in [0.2, 0.25) is 0 Å². The molecule has 2 rings (SSSR count). The maximum Gasteiger partial charge on any atom is 0.416 e. The van der Waals surface area contributed by atoms with Crippen molar-refractivity contribution in [2.45, 2.75) is 51.2 Å². The summed E-state index contributed by atoms with van der Waals surface area (Å²) in [5, 5.41) is 6.25. The van der Waals surface area contributed by atoms with Crippen molar-refractivity contribution in [1.29, 1.82) is 0 Å². The van der Waals surface area contributed by atoms with Gasteiger partial charge in [-0.25, -0.2) is 0 Å². The lowest BCUT2D eigenvalue weighted by atomic mass is 10.00. The molecule has 1 aromatic rings. The summed E-state index contributed by atoms with van der Waals surface area (Å²) >= 11 is 5.17. The molecule has 0 aliphatic carbocycles. The molecule has 7 heteroatoms. The first-order valence-electron chi connectivity index (χ1n) is 8.86. The molecule has 1 heterocycles. The van der Waals surface area contributed by atoms with Crippen LogP contribution in [0.1, 0.15) is 44.6 Å². The van der Waals surface area contributed by atoms with Crippen molar-refractivity contribution in [2.75, 3.05) is 25.0 Å². The first-order chi connectivity index (χ1) is 11.9. The van der Waals surface area contributed by atoms with Gasteiger partial charge in [0.2, 0.25) is 0 Å². The van der Waals surface area contributed by atoms with Crippen LogP contribution in [-0.2, 0) is 6.18 Å². The molecule has 2 N–H and O–H groups in total. The summed E-state index contributed by atoms with van der Waals surface area (Å²) in [6.45, 7) is 5.12. The molecule has 140 valence electrons. The van der Waals surface area contributed by atoms with Gasteiger partial charge in [0.15, 0.2) is 5.11 Å². The lowest BCUT2D eigenvalue weighted by Gasteiger charge is -2.35. The summed E-state index contributed by atoms with van der Waals surface area (Å²) in [5.41, 5.74) is -0.342. The van der Waals surface area contributed by atoms with E-state index in [2.05, 4.69) is 22.5 Å². The largest absolute Gasteiger partial charge is 0.416 e. The number of thiocarbonyl (C=S) groups is 1. The molecule has 0 saturated carbocycles. The fraction of sp³-hybridized carbons (Fsp3) is 0.611. The monoisotopic (exact) mass is 373 g/mol. The van der Waals surface area contributed by atoms with Crippen LogP contribution in [0.4, 0.5) is 18.9 Å². The van der Waals surface area contributed by atoms with Gasteiger partial charge in [0.1, 0.15) is 0 Å². The van der Waals surface area contributed by atoms with Crippen molar-refractivity contribution in [3.05, 3.63) is 29.8 Å². The van der Waals surface area contributed by atoms with Gasteiger partial charge in [-0.2, -0.15) is 13.2 Å². The van der Waals surface area contributed by atoms with E-state index >= 15 is 0 Å². The zero-order chi connectivity index (χ0) is 18.3. The molecule has 0 aromatic heterocycles. The quantitative estimate of drug-likeness (QED) is 0.561. The standard InChI is InChI=1S/C18H26F3N3S/c1-2-16-9-3-4-11-24(16)12-6-10-22-17(25)23-15-8-5-7-14(13-15)18(19,20)21/h5,7-8,13,16H,2-4,6,9-12H2,1H3,(H2,22,23,25). The molecule has 3 nitrogen and oxygen atoms in total. The Morgan fingerprint density at radius 1 is 1.32 bits per heavy atom. The van der Waals surface area contributed by atoms with Crippen molar-refractivity contribution >= 4 is 23.0 Å². The smallest absolute Gasteiger partial charge is 0.362 e. The van der Waals surface area contributed by atoms with Crippen molar-refractivity contribution < 1.29 is 13.2 Å². The number of alkyl halides is 3. The second kappa shape index (κ2) is 9.38. The third kappa shape index (κ3) is 6.47. The van der Waals surface area contributed by atoms with Crippen LogP contribution in [0, 0.1) is 0 Å². The highest BCUT2D eigenvalue weighted by atomic mass is 32.1. The Labute approximate surface area is 153 Å². The third-order valence-corrected chi connectivity index (χ3v) is 4.82. The molecule has 25 heavy (non-hydrogen) atoms. The Morgan fingerprint density at radius 3 is 2.84 bits per heavy atom. The van der Waals surface area contributed by atoms with E-state index in [1.54, 1.807) is 6.07 Å².